The molecule has 2 rings (SSSR count). The van der Waals surface area contributed by atoms with Crippen molar-refractivity contribution in [3.63, 3.8) is 0 Å². The molecule has 0 spiro atoms. The molecule has 5 heteroatoms. The van der Waals surface area contributed by atoms with E-state index in [1.807, 2.05) is 6.07 Å². The van der Waals surface area contributed by atoms with Gasteiger partial charge in [0.15, 0.2) is 0 Å². The molecule has 0 aliphatic rings. The van der Waals surface area contributed by atoms with Crippen LogP contribution in [-0.4, -0.2) is 41.1 Å². The van der Waals surface area contributed by atoms with Crippen LogP contribution in [0, 0.1) is 0 Å². The number of nitrogens with zero attached hydrogens (tertiary/aromatic N) is 1. The predicted octanol–water partition coefficient (Wildman–Crippen LogP) is 0.592. The number of hydrogen-bond donors (Lipinski definition) is 2. The molecule has 0 radical (unpaired) electrons. The van der Waals surface area contributed by atoms with Gasteiger partial charge in [-0.2, -0.15) is 0 Å². The maximum atomic E-state index is 12.2. The minimum atomic E-state index is -0.311. The van der Waals surface area contributed by atoms with Gasteiger partial charge in [-0.15, -0.1) is 0 Å². The van der Waals surface area contributed by atoms with Crippen LogP contribution in [0.5, 0.6) is 0 Å². The molecule has 0 aliphatic carbocycles. The molecule has 0 atom stereocenters. The fraction of sp³-hybridized carbons (Fsp3) is 0.231. The molecule has 18 heavy (non-hydrogen) atoms. The third kappa shape index (κ3) is 2.26. The van der Waals surface area contributed by atoms with Gasteiger partial charge in [-0.1, -0.05) is 18.2 Å². The van der Waals surface area contributed by atoms with Gasteiger partial charge in [0.25, 0.3) is 5.91 Å². The van der Waals surface area contributed by atoms with Crippen molar-refractivity contribution in [3.05, 3.63) is 46.2 Å². The first kappa shape index (κ1) is 12.3. The highest BCUT2D eigenvalue weighted by molar-refractivity contribution is 6.05. The second kappa shape index (κ2) is 5.01. The Morgan fingerprint density at radius 1 is 1.39 bits per heavy atom. The van der Waals surface area contributed by atoms with E-state index in [1.165, 1.54) is 11.0 Å². The maximum Gasteiger partial charge on any atom is 0.254 e. The van der Waals surface area contributed by atoms with Gasteiger partial charge in [0.1, 0.15) is 0 Å². The van der Waals surface area contributed by atoms with Crippen LogP contribution in [0.25, 0.3) is 10.9 Å². The number of likely N-dealkylation sites (N-methyl/N-ethyl adjacent to an activating group) is 1. The molecule has 1 aromatic carbocycles. The number of rotatable bonds is 3. The summed E-state index contributed by atoms with van der Waals surface area (Å²) in [7, 11) is 1.59. The number of aromatic amines is 1. The van der Waals surface area contributed by atoms with Gasteiger partial charge in [-0.3, -0.25) is 9.59 Å². The molecule has 2 aromatic rings. The van der Waals surface area contributed by atoms with Crippen LogP contribution in [0.2, 0.25) is 0 Å². The summed E-state index contributed by atoms with van der Waals surface area (Å²) >= 11 is 0. The number of pyridine rings is 1. The number of aliphatic hydroxyl groups is 1. The van der Waals surface area contributed by atoms with Crippen LogP contribution in [0.3, 0.4) is 0 Å². The number of aromatic nitrogens is 1. The second-order valence-corrected chi connectivity index (χ2v) is 4.04. The zero-order chi connectivity index (χ0) is 13.1. The van der Waals surface area contributed by atoms with Crippen molar-refractivity contribution in [1.29, 1.82) is 0 Å². The lowest BCUT2D eigenvalue weighted by Gasteiger charge is -2.16. The van der Waals surface area contributed by atoms with E-state index >= 15 is 0 Å². The van der Waals surface area contributed by atoms with Crippen LogP contribution >= 0.6 is 0 Å². The van der Waals surface area contributed by atoms with E-state index in [9.17, 15) is 9.59 Å². The Labute approximate surface area is 104 Å². The van der Waals surface area contributed by atoms with E-state index < -0.39 is 0 Å². The molecule has 2 N–H and O–H groups in total. The minimum absolute atomic E-state index is 0.108. The van der Waals surface area contributed by atoms with Gasteiger partial charge in [-0.25, -0.2) is 0 Å². The number of fused-ring (bicyclic) bond motifs is 1. The van der Waals surface area contributed by atoms with E-state index in [4.69, 9.17) is 5.11 Å². The Bertz CT molecular complexity index is 633. The number of H-pyrrole nitrogens is 1. The number of nitrogens with one attached hydrogen (secondary N) is 1. The summed E-state index contributed by atoms with van der Waals surface area (Å²) < 4.78 is 0. The first-order valence-corrected chi connectivity index (χ1v) is 5.62. The van der Waals surface area contributed by atoms with Crippen LogP contribution < -0.4 is 5.56 Å². The molecule has 5 nitrogen and oxygen atoms in total. The van der Waals surface area contributed by atoms with Crippen molar-refractivity contribution in [1.82, 2.24) is 9.88 Å². The molecule has 1 aromatic heterocycles. The Kier molecular flexibility index (Phi) is 3.43. The molecule has 0 fully saturated rings. The van der Waals surface area contributed by atoms with E-state index in [0.29, 0.717) is 16.5 Å². The van der Waals surface area contributed by atoms with Gasteiger partial charge in [0.05, 0.1) is 12.2 Å². The summed E-state index contributed by atoms with van der Waals surface area (Å²) in [6.45, 7) is 0.128. The summed E-state index contributed by atoms with van der Waals surface area (Å²) in [5.41, 5.74) is 0.672. The normalized spacial score (nSPS) is 10.6. The number of benzene rings is 1. The van der Waals surface area contributed by atoms with Gasteiger partial charge in [0.2, 0.25) is 5.56 Å². The van der Waals surface area contributed by atoms with Crippen molar-refractivity contribution < 1.29 is 9.90 Å². The monoisotopic (exact) mass is 246 g/mol. The first-order chi connectivity index (χ1) is 8.63. The number of para-hydroxylation sites is 1. The molecule has 0 bridgehead atoms. The van der Waals surface area contributed by atoms with Crippen molar-refractivity contribution in [2.75, 3.05) is 20.2 Å². The summed E-state index contributed by atoms with van der Waals surface area (Å²) in [4.78, 5) is 27.7. The predicted molar refractivity (Wildman–Crippen MR) is 68.6 cm³/mol. The van der Waals surface area contributed by atoms with E-state index in [-0.39, 0.29) is 24.6 Å². The highest BCUT2D eigenvalue weighted by Crippen LogP contribution is 2.15. The standard InChI is InChI=1S/C13H14N2O3/c1-15(6-7-16)13(18)10-8-12(17)14-11-5-3-2-4-9(10)11/h2-5,8,16H,6-7H2,1H3,(H,14,17). The number of hydrogen-bond acceptors (Lipinski definition) is 3. The van der Waals surface area contributed by atoms with Crippen LogP contribution in [0.1, 0.15) is 10.4 Å². The molecule has 1 heterocycles. The van der Waals surface area contributed by atoms with Crippen LogP contribution in [-0.2, 0) is 0 Å². The molecule has 0 saturated carbocycles. The summed E-state index contributed by atoms with van der Waals surface area (Å²) in [6, 6.07) is 8.43. The van der Waals surface area contributed by atoms with Crippen LogP contribution in [0.15, 0.2) is 35.1 Å². The second-order valence-electron chi connectivity index (χ2n) is 4.04. The first-order valence-electron chi connectivity index (χ1n) is 5.62. The number of carbonyl (C=O) groups excluding carboxylic acids is 1. The SMILES string of the molecule is CN(CCO)C(=O)c1cc(=O)[nH]c2ccccc12. The molecule has 0 saturated heterocycles. The zero-order valence-electron chi connectivity index (χ0n) is 10.0. The van der Waals surface area contributed by atoms with E-state index in [2.05, 4.69) is 4.98 Å². The van der Waals surface area contributed by atoms with Crippen molar-refractivity contribution in [3.8, 4) is 0 Å². The van der Waals surface area contributed by atoms with Crippen LogP contribution in [0.4, 0.5) is 0 Å². The van der Waals surface area contributed by atoms with Crippen molar-refractivity contribution in [2.24, 2.45) is 0 Å². The lowest BCUT2D eigenvalue weighted by atomic mass is 10.1. The molecule has 0 unspecified atom stereocenters. The molecule has 0 aliphatic heterocycles. The lowest BCUT2D eigenvalue weighted by Crippen LogP contribution is -2.30. The number of amides is 1. The molecular formula is C13H14N2O3. The van der Waals surface area contributed by atoms with Gasteiger partial charge in [0, 0.05) is 30.6 Å². The fourth-order valence-electron chi connectivity index (χ4n) is 1.84. The van der Waals surface area contributed by atoms with Gasteiger partial charge < -0.3 is 15.0 Å². The van der Waals surface area contributed by atoms with E-state index in [1.54, 1.807) is 25.2 Å². The molecule has 1 amide bonds. The van der Waals surface area contributed by atoms with Gasteiger partial charge >= 0.3 is 0 Å². The average Bonchev–Trinajstić information content (AvgIpc) is 2.37. The molecule has 94 valence electrons. The Morgan fingerprint density at radius 3 is 2.83 bits per heavy atom. The van der Waals surface area contributed by atoms with Crippen molar-refractivity contribution in [2.45, 2.75) is 0 Å². The Morgan fingerprint density at radius 2 is 2.11 bits per heavy atom. The van der Waals surface area contributed by atoms with Gasteiger partial charge in [-0.05, 0) is 6.07 Å². The maximum absolute atomic E-state index is 12.2. The highest BCUT2D eigenvalue weighted by atomic mass is 16.3. The highest BCUT2D eigenvalue weighted by Gasteiger charge is 2.15. The number of carbonyl (C=O) groups is 1. The fourth-order valence-corrected chi connectivity index (χ4v) is 1.84. The van der Waals surface area contributed by atoms with Crippen molar-refractivity contribution >= 4 is 16.8 Å². The third-order valence-electron chi connectivity index (χ3n) is 2.76. The quantitative estimate of drug-likeness (QED) is 0.832. The Balaban J connectivity index is 2.56. The third-order valence-corrected chi connectivity index (χ3v) is 2.76. The average molecular weight is 246 g/mol. The summed E-state index contributed by atoms with van der Waals surface area (Å²) in [5, 5.41) is 9.54. The smallest absolute Gasteiger partial charge is 0.254 e. The van der Waals surface area contributed by atoms with E-state index in [0.717, 1.165) is 0 Å². The topological polar surface area (TPSA) is 73.4 Å². The zero-order valence-corrected chi connectivity index (χ0v) is 10.0. The minimum Gasteiger partial charge on any atom is -0.395 e. The molecular weight excluding hydrogens is 232 g/mol. The lowest BCUT2D eigenvalue weighted by molar-refractivity contribution is 0.0768. The summed E-state index contributed by atoms with van der Waals surface area (Å²) in [6.07, 6.45) is 0. The number of aliphatic hydroxyl groups excluding tert-OH is 1. The largest absolute Gasteiger partial charge is 0.395 e. The summed E-state index contributed by atoms with van der Waals surface area (Å²) in [5.74, 6) is -0.272. The Hall–Kier alpha value is -2.14.